The van der Waals surface area contributed by atoms with Gasteiger partial charge >= 0.3 is 0 Å². The van der Waals surface area contributed by atoms with Gasteiger partial charge in [0, 0.05) is 16.4 Å². The van der Waals surface area contributed by atoms with Crippen LogP contribution in [0.4, 0.5) is 5.69 Å². The van der Waals surface area contributed by atoms with Crippen LogP contribution in [0.1, 0.15) is 16.5 Å². The molecule has 0 saturated carbocycles. The van der Waals surface area contributed by atoms with Crippen LogP contribution < -0.4 is 5.32 Å². The Balaban J connectivity index is 2.35. The Kier molecular flexibility index (Phi) is 3.71. The van der Waals surface area contributed by atoms with Crippen molar-refractivity contribution in [2.75, 3.05) is 17.3 Å². The summed E-state index contributed by atoms with van der Waals surface area (Å²) in [6.07, 6.45) is 1.45. The highest BCUT2D eigenvalue weighted by atomic mass is 79.9. The van der Waals surface area contributed by atoms with Gasteiger partial charge in [-0.15, -0.1) is 11.6 Å². The maximum absolute atomic E-state index is 11.3. The number of anilines is 1. The number of halogens is 2. The quantitative estimate of drug-likeness (QED) is 0.849. The Morgan fingerprint density at radius 2 is 2.17 bits per heavy atom. The summed E-state index contributed by atoms with van der Waals surface area (Å²) in [6.45, 7) is 0. The number of carbonyl (C=O) groups excluding carboxylic acids is 1. The van der Waals surface area contributed by atoms with Crippen molar-refractivity contribution in [1.29, 1.82) is 0 Å². The molecule has 1 aromatic rings. The molecule has 1 aliphatic heterocycles. The predicted molar refractivity (Wildman–Crippen MR) is 74.8 cm³/mol. The Labute approximate surface area is 119 Å². The van der Waals surface area contributed by atoms with Gasteiger partial charge in [0.15, 0.2) is 0 Å². The zero-order valence-corrected chi connectivity index (χ0v) is 12.7. The minimum Gasteiger partial charge on any atom is -0.325 e. The number of hydrogen-bond acceptors (Lipinski definition) is 3. The van der Waals surface area contributed by atoms with E-state index in [4.69, 9.17) is 11.6 Å². The van der Waals surface area contributed by atoms with Crippen LogP contribution >= 0.6 is 27.5 Å². The first-order valence-corrected chi connectivity index (χ1v) is 8.49. The smallest absolute Gasteiger partial charge is 0.228 e. The van der Waals surface area contributed by atoms with Gasteiger partial charge in [-0.25, -0.2) is 8.42 Å². The Morgan fingerprint density at radius 3 is 2.78 bits per heavy atom. The lowest BCUT2D eigenvalue weighted by Gasteiger charge is -2.12. The van der Waals surface area contributed by atoms with Gasteiger partial charge < -0.3 is 5.32 Å². The van der Waals surface area contributed by atoms with E-state index >= 15 is 0 Å². The van der Waals surface area contributed by atoms with E-state index in [9.17, 15) is 13.2 Å². The molecule has 0 saturated heterocycles. The van der Waals surface area contributed by atoms with E-state index in [0.717, 1.165) is 17.5 Å². The van der Waals surface area contributed by atoms with Crippen molar-refractivity contribution in [2.45, 2.75) is 11.8 Å². The second kappa shape index (κ2) is 4.83. The van der Waals surface area contributed by atoms with Crippen LogP contribution in [-0.2, 0) is 21.1 Å². The fraction of sp³-hybridized carbons (Fsp3) is 0.364. The van der Waals surface area contributed by atoms with Gasteiger partial charge in [-0.2, -0.15) is 0 Å². The first-order chi connectivity index (χ1) is 8.26. The lowest BCUT2D eigenvalue weighted by Crippen LogP contribution is -2.09. The van der Waals surface area contributed by atoms with Gasteiger partial charge in [-0.05, 0) is 17.2 Å². The third kappa shape index (κ3) is 3.05. The fourth-order valence-electron chi connectivity index (χ4n) is 1.86. The molecule has 7 heteroatoms. The summed E-state index contributed by atoms with van der Waals surface area (Å²) in [7, 11) is -3.15. The molecule has 0 aliphatic carbocycles. The van der Waals surface area contributed by atoms with Gasteiger partial charge in [-0.1, -0.05) is 22.0 Å². The molecule has 4 nitrogen and oxygen atoms in total. The van der Waals surface area contributed by atoms with Crippen LogP contribution in [0.15, 0.2) is 16.6 Å². The molecule has 18 heavy (non-hydrogen) atoms. The van der Waals surface area contributed by atoms with E-state index < -0.39 is 15.2 Å². The Hall–Kier alpha value is -0.590. The van der Waals surface area contributed by atoms with E-state index in [2.05, 4.69) is 21.2 Å². The molecule has 1 unspecified atom stereocenters. The number of hydrogen-bond donors (Lipinski definition) is 1. The number of sulfone groups is 1. The van der Waals surface area contributed by atoms with Gasteiger partial charge in [0.25, 0.3) is 0 Å². The number of benzene rings is 1. The van der Waals surface area contributed by atoms with E-state index in [0.29, 0.717) is 16.5 Å². The van der Waals surface area contributed by atoms with E-state index in [-0.39, 0.29) is 11.7 Å². The number of amides is 1. The van der Waals surface area contributed by atoms with Crippen LogP contribution in [0.5, 0.6) is 0 Å². The average Bonchev–Trinajstić information content (AvgIpc) is 2.53. The van der Waals surface area contributed by atoms with Crippen LogP contribution in [-0.4, -0.2) is 26.3 Å². The van der Waals surface area contributed by atoms with Crippen molar-refractivity contribution in [3.63, 3.8) is 0 Å². The Bertz CT molecular complexity index is 615. The largest absolute Gasteiger partial charge is 0.325 e. The molecule has 0 bridgehead atoms. The van der Waals surface area contributed by atoms with E-state index in [1.54, 1.807) is 12.1 Å². The summed E-state index contributed by atoms with van der Waals surface area (Å²) in [5.74, 6) is -0.198. The van der Waals surface area contributed by atoms with Crippen LogP contribution in [0, 0.1) is 0 Å². The van der Waals surface area contributed by atoms with Gasteiger partial charge in [0.2, 0.25) is 5.91 Å². The minimum absolute atomic E-state index is 0.0664. The SMILES string of the molecule is CS(=O)(=O)CC(Cl)c1cc2c(cc1Br)NC(=O)C2. The highest BCUT2D eigenvalue weighted by molar-refractivity contribution is 9.10. The molecule has 1 amide bonds. The van der Waals surface area contributed by atoms with Gasteiger partial charge in [0.05, 0.1) is 17.6 Å². The number of alkyl halides is 1. The highest BCUT2D eigenvalue weighted by Crippen LogP contribution is 2.35. The Morgan fingerprint density at radius 1 is 1.50 bits per heavy atom. The van der Waals surface area contributed by atoms with Crippen molar-refractivity contribution in [3.05, 3.63) is 27.7 Å². The summed E-state index contributed by atoms with van der Waals surface area (Å²) in [5.41, 5.74) is 2.29. The molecular weight excluding hydrogens is 342 g/mol. The summed E-state index contributed by atoms with van der Waals surface area (Å²) < 4.78 is 23.2. The lowest BCUT2D eigenvalue weighted by molar-refractivity contribution is -0.115. The van der Waals surface area contributed by atoms with E-state index in [1.165, 1.54) is 0 Å². The number of nitrogens with one attached hydrogen (secondary N) is 1. The molecule has 98 valence electrons. The maximum Gasteiger partial charge on any atom is 0.228 e. The van der Waals surface area contributed by atoms with Crippen molar-refractivity contribution in [1.82, 2.24) is 0 Å². The standard InChI is InChI=1S/C11H11BrClNO3S/c1-18(16,17)5-9(13)7-2-6-3-11(15)14-10(6)4-8(7)12/h2,4,9H,3,5H2,1H3,(H,14,15). The lowest BCUT2D eigenvalue weighted by atomic mass is 10.1. The van der Waals surface area contributed by atoms with E-state index in [1.807, 2.05) is 0 Å². The van der Waals surface area contributed by atoms with Gasteiger partial charge in [0.1, 0.15) is 9.84 Å². The number of fused-ring (bicyclic) bond motifs is 1. The van der Waals surface area contributed by atoms with Crippen molar-refractivity contribution >= 4 is 49.0 Å². The topological polar surface area (TPSA) is 63.2 Å². The average molecular weight is 353 g/mol. The first kappa shape index (κ1) is 13.8. The summed E-state index contributed by atoms with van der Waals surface area (Å²) in [6, 6.07) is 3.54. The molecule has 1 heterocycles. The number of rotatable bonds is 3. The molecule has 1 aromatic carbocycles. The summed E-state index contributed by atoms with van der Waals surface area (Å²) in [4.78, 5) is 11.3. The second-order valence-corrected chi connectivity index (χ2v) is 7.88. The molecule has 1 aliphatic rings. The summed E-state index contributed by atoms with van der Waals surface area (Å²) >= 11 is 9.47. The van der Waals surface area contributed by atoms with Crippen LogP contribution in [0.2, 0.25) is 0 Å². The third-order valence-corrected chi connectivity index (χ3v) is 4.83. The predicted octanol–water partition coefficient (Wildman–Crippen LogP) is 2.27. The van der Waals surface area contributed by atoms with Crippen molar-refractivity contribution in [2.24, 2.45) is 0 Å². The second-order valence-electron chi connectivity index (χ2n) is 4.32. The van der Waals surface area contributed by atoms with Crippen LogP contribution in [0.25, 0.3) is 0 Å². The first-order valence-electron chi connectivity index (χ1n) is 5.20. The van der Waals surface area contributed by atoms with Crippen LogP contribution in [0.3, 0.4) is 0 Å². The zero-order chi connectivity index (χ0) is 13.5. The molecule has 1 N–H and O–H groups in total. The normalized spacial score (nSPS) is 16.3. The fourth-order valence-corrected chi connectivity index (χ4v) is 4.19. The molecule has 1 atom stereocenters. The third-order valence-electron chi connectivity index (χ3n) is 2.63. The molecule has 0 fully saturated rings. The summed E-state index contributed by atoms with van der Waals surface area (Å²) in [5, 5.41) is 2.09. The molecule has 0 aromatic heterocycles. The number of carbonyl (C=O) groups is 1. The van der Waals surface area contributed by atoms with Gasteiger partial charge in [-0.3, -0.25) is 4.79 Å². The molecular formula is C11H11BrClNO3S. The van der Waals surface area contributed by atoms with Crippen molar-refractivity contribution < 1.29 is 13.2 Å². The zero-order valence-electron chi connectivity index (χ0n) is 9.54. The monoisotopic (exact) mass is 351 g/mol. The highest BCUT2D eigenvalue weighted by Gasteiger charge is 2.23. The molecule has 0 spiro atoms. The maximum atomic E-state index is 11.3. The molecule has 2 rings (SSSR count). The minimum atomic E-state index is -3.15. The van der Waals surface area contributed by atoms with Crippen molar-refractivity contribution in [3.8, 4) is 0 Å². The molecule has 0 radical (unpaired) electrons.